The Balaban J connectivity index is 2.33. The number of H-pyrrole nitrogens is 1. The van der Waals surface area contributed by atoms with Gasteiger partial charge >= 0.3 is 0 Å². The van der Waals surface area contributed by atoms with Gasteiger partial charge in [0.1, 0.15) is 5.41 Å². The molecule has 0 bridgehead atoms. The Morgan fingerprint density at radius 1 is 1.67 bits per heavy atom. The Kier molecular flexibility index (Phi) is 1.75. The fourth-order valence-electron chi connectivity index (χ4n) is 1.09. The molecule has 0 amide bonds. The molecule has 1 aromatic heterocycles. The highest BCUT2D eigenvalue weighted by atomic mass is 32.1. The van der Waals surface area contributed by atoms with Crippen LogP contribution in [0, 0.1) is 4.84 Å². The number of hydrogen-bond acceptors (Lipinski definition) is 5. The van der Waals surface area contributed by atoms with Gasteiger partial charge in [0.05, 0.1) is 19.8 Å². The number of nitrogens with one attached hydrogen (secondary N) is 1. The summed E-state index contributed by atoms with van der Waals surface area (Å²) in [6.45, 7) is 0.843. The predicted octanol–water partition coefficient (Wildman–Crippen LogP) is -0.00751. The van der Waals surface area contributed by atoms with Gasteiger partial charge in [-0.15, -0.1) is 5.10 Å². The van der Waals surface area contributed by atoms with Crippen molar-refractivity contribution in [2.24, 2.45) is 0 Å². The van der Waals surface area contributed by atoms with Crippen molar-refractivity contribution in [2.75, 3.05) is 19.8 Å². The molecular formula is C6H8N2O3S. The minimum atomic E-state index is -0.465. The Hall–Kier alpha value is -0.720. The first-order chi connectivity index (χ1) is 5.77. The van der Waals surface area contributed by atoms with Crippen LogP contribution in [0.15, 0.2) is 4.42 Å². The van der Waals surface area contributed by atoms with E-state index in [1.807, 2.05) is 0 Å². The van der Waals surface area contributed by atoms with Gasteiger partial charge in [-0.1, -0.05) is 0 Å². The summed E-state index contributed by atoms with van der Waals surface area (Å²) in [4.78, 5) is 0.227. The third-order valence-electron chi connectivity index (χ3n) is 1.95. The Labute approximate surface area is 73.4 Å². The fourth-order valence-corrected chi connectivity index (χ4v) is 1.21. The molecule has 0 atom stereocenters. The third-order valence-corrected chi connectivity index (χ3v) is 2.13. The minimum absolute atomic E-state index is 0.0316. The highest BCUT2D eigenvalue weighted by Gasteiger charge is 2.44. The summed E-state index contributed by atoms with van der Waals surface area (Å²) in [5.74, 6) is 0.432. The first kappa shape index (κ1) is 7.90. The molecule has 1 fully saturated rings. The lowest BCUT2D eigenvalue weighted by Gasteiger charge is -2.36. The second-order valence-corrected chi connectivity index (χ2v) is 3.22. The van der Waals surface area contributed by atoms with E-state index in [9.17, 15) is 0 Å². The average molecular weight is 188 g/mol. The van der Waals surface area contributed by atoms with E-state index < -0.39 is 5.41 Å². The van der Waals surface area contributed by atoms with Crippen LogP contribution in [0.1, 0.15) is 5.89 Å². The van der Waals surface area contributed by atoms with Crippen molar-refractivity contribution in [1.82, 2.24) is 10.2 Å². The van der Waals surface area contributed by atoms with Gasteiger partial charge in [-0.3, -0.25) is 0 Å². The summed E-state index contributed by atoms with van der Waals surface area (Å²) in [6, 6.07) is 0. The maximum absolute atomic E-state index is 9.07. The predicted molar refractivity (Wildman–Crippen MR) is 41.3 cm³/mol. The normalized spacial score (nSPS) is 20.4. The van der Waals surface area contributed by atoms with Crippen LogP contribution in [-0.4, -0.2) is 35.1 Å². The molecule has 0 saturated carbocycles. The van der Waals surface area contributed by atoms with Crippen molar-refractivity contribution in [1.29, 1.82) is 0 Å². The molecule has 1 aliphatic heterocycles. The second-order valence-electron chi connectivity index (χ2n) is 2.85. The number of rotatable bonds is 2. The molecule has 1 aliphatic rings. The molecule has 2 heterocycles. The Morgan fingerprint density at radius 2 is 2.42 bits per heavy atom. The molecule has 0 aromatic carbocycles. The summed E-state index contributed by atoms with van der Waals surface area (Å²) in [5.41, 5.74) is -0.465. The van der Waals surface area contributed by atoms with Gasteiger partial charge < -0.3 is 14.3 Å². The highest BCUT2D eigenvalue weighted by molar-refractivity contribution is 7.71. The molecule has 5 nitrogen and oxygen atoms in total. The van der Waals surface area contributed by atoms with Crippen LogP contribution in [-0.2, 0) is 10.2 Å². The van der Waals surface area contributed by atoms with Crippen LogP contribution >= 0.6 is 12.2 Å². The van der Waals surface area contributed by atoms with Gasteiger partial charge in [-0.2, -0.15) is 0 Å². The monoisotopic (exact) mass is 188 g/mol. The second kappa shape index (κ2) is 2.65. The summed E-state index contributed by atoms with van der Waals surface area (Å²) in [7, 11) is 0. The van der Waals surface area contributed by atoms with Crippen molar-refractivity contribution in [3.05, 3.63) is 10.7 Å². The molecule has 0 radical (unpaired) electrons. The number of hydrogen-bond donors (Lipinski definition) is 2. The zero-order valence-corrected chi connectivity index (χ0v) is 7.06. The molecular weight excluding hydrogens is 180 g/mol. The summed E-state index contributed by atoms with van der Waals surface area (Å²) in [5, 5.41) is 15.4. The lowest BCUT2D eigenvalue weighted by atomic mass is 9.87. The molecule has 12 heavy (non-hydrogen) atoms. The van der Waals surface area contributed by atoms with E-state index in [1.165, 1.54) is 0 Å². The first-order valence-electron chi connectivity index (χ1n) is 3.51. The molecule has 1 saturated heterocycles. The Morgan fingerprint density at radius 3 is 2.75 bits per heavy atom. The quantitative estimate of drug-likeness (QED) is 0.639. The van der Waals surface area contributed by atoms with Crippen LogP contribution in [0.25, 0.3) is 0 Å². The van der Waals surface area contributed by atoms with Gasteiger partial charge in [0.25, 0.3) is 4.84 Å². The smallest absolute Gasteiger partial charge is 0.284 e. The van der Waals surface area contributed by atoms with Crippen LogP contribution < -0.4 is 0 Å². The van der Waals surface area contributed by atoms with Gasteiger partial charge in [0.15, 0.2) is 0 Å². The number of nitrogens with zero attached hydrogens (tertiary/aromatic N) is 1. The molecule has 6 heteroatoms. The largest absolute Gasteiger partial charge is 0.413 e. The number of aliphatic hydroxyl groups is 1. The third kappa shape index (κ3) is 0.996. The highest BCUT2D eigenvalue weighted by Crippen LogP contribution is 2.30. The number of aliphatic hydroxyl groups excluding tert-OH is 1. The van der Waals surface area contributed by atoms with E-state index >= 15 is 0 Å². The van der Waals surface area contributed by atoms with E-state index in [4.69, 9.17) is 26.5 Å². The van der Waals surface area contributed by atoms with E-state index in [0.29, 0.717) is 19.1 Å². The number of ether oxygens (including phenoxy) is 1. The molecule has 1 aromatic rings. The maximum Gasteiger partial charge on any atom is 0.284 e. The zero-order chi connectivity index (χ0) is 8.60. The first-order valence-corrected chi connectivity index (χ1v) is 3.92. The van der Waals surface area contributed by atoms with E-state index in [2.05, 4.69) is 10.2 Å². The van der Waals surface area contributed by atoms with Crippen LogP contribution in [0.2, 0.25) is 0 Å². The molecule has 2 rings (SSSR count). The fraction of sp³-hybridized carbons (Fsp3) is 0.667. The molecule has 2 N–H and O–H groups in total. The summed E-state index contributed by atoms with van der Waals surface area (Å²) < 4.78 is 10.1. The molecule has 0 aliphatic carbocycles. The SMILES string of the molecule is OCC1(c2n[nH]c(=S)o2)COC1. The maximum atomic E-state index is 9.07. The standard InChI is InChI=1S/C6H8N2O3S/c9-1-6(2-10-3-6)4-7-8-5(12)11-4/h9H,1-3H2,(H,8,12). The number of aromatic nitrogens is 2. The van der Waals surface area contributed by atoms with E-state index in [0.717, 1.165) is 0 Å². The average Bonchev–Trinajstić information content (AvgIpc) is 2.35. The van der Waals surface area contributed by atoms with Gasteiger partial charge in [-0.05, 0) is 12.2 Å². The van der Waals surface area contributed by atoms with Gasteiger partial charge in [0, 0.05) is 0 Å². The summed E-state index contributed by atoms with van der Waals surface area (Å²) >= 11 is 4.71. The zero-order valence-electron chi connectivity index (χ0n) is 6.24. The minimum Gasteiger partial charge on any atom is -0.413 e. The Bertz CT molecular complexity index is 322. The van der Waals surface area contributed by atoms with E-state index in [1.54, 1.807) is 0 Å². The van der Waals surface area contributed by atoms with Gasteiger partial charge in [-0.25, -0.2) is 5.10 Å². The topological polar surface area (TPSA) is 71.3 Å². The van der Waals surface area contributed by atoms with E-state index in [-0.39, 0.29) is 11.4 Å². The van der Waals surface area contributed by atoms with Crippen molar-refractivity contribution in [2.45, 2.75) is 5.41 Å². The lowest BCUT2D eigenvalue weighted by molar-refractivity contribution is -0.0963. The van der Waals surface area contributed by atoms with Crippen molar-refractivity contribution in [3.63, 3.8) is 0 Å². The van der Waals surface area contributed by atoms with Crippen molar-refractivity contribution < 1.29 is 14.3 Å². The molecule has 0 spiro atoms. The van der Waals surface area contributed by atoms with Gasteiger partial charge in [0.2, 0.25) is 5.89 Å². The molecule has 0 unspecified atom stereocenters. The van der Waals surface area contributed by atoms with Crippen LogP contribution in [0.4, 0.5) is 0 Å². The van der Waals surface area contributed by atoms with Crippen LogP contribution in [0.5, 0.6) is 0 Å². The van der Waals surface area contributed by atoms with Crippen LogP contribution in [0.3, 0.4) is 0 Å². The lowest BCUT2D eigenvalue weighted by Crippen LogP contribution is -2.50. The van der Waals surface area contributed by atoms with Crippen molar-refractivity contribution in [3.8, 4) is 0 Å². The van der Waals surface area contributed by atoms with Crippen molar-refractivity contribution >= 4 is 12.2 Å². The summed E-state index contributed by atoms with van der Waals surface area (Å²) in [6.07, 6.45) is 0. The molecule has 66 valence electrons. The number of aromatic amines is 1.